The van der Waals surface area contributed by atoms with E-state index in [1.165, 1.54) is 0 Å². The van der Waals surface area contributed by atoms with Gasteiger partial charge in [-0.15, -0.1) is 24.8 Å². The van der Waals surface area contributed by atoms with Crippen LogP contribution in [0.1, 0.15) is 23.2 Å². The molecule has 2 amide bonds. The number of nitrogens with two attached hydrogens (primary N) is 1. The van der Waals surface area contributed by atoms with E-state index in [1.54, 1.807) is 41.6 Å². The smallest absolute Gasteiger partial charge is 0.253 e. The second kappa shape index (κ2) is 9.67. The number of fused-ring (bicyclic) bond motifs is 1. The number of carbonyl (C=O) groups excluding carboxylic acids is 2. The monoisotopic (exact) mass is 440 g/mol. The van der Waals surface area contributed by atoms with Crippen LogP contribution in [0, 0.1) is 5.92 Å². The third-order valence-corrected chi connectivity index (χ3v) is 4.81. The first-order valence-corrected chi connectivity index (χ1v) is 8.81. The second-order valence-electron chi connectivity index (χ2n) is 6.61. The summed E-state index contributed by atoms with van der Waals surface area (Å²) in [5, 5.41) is 2.86. The Balaban J connectivity index is 0.00000150. The van der Waals surface area contributed by atoms with Gasteiger partial charge in [-0.05, 0) is 25.0 Å². The van der Waals surface area contributed by atoms with E-state index in [-0.39, 0.29) is 49.3 Å². The lowest BCUT2D eigenvalue weighted by Gasteiger charge is -2.32. The fourth-order valence-electron chi connectivity index (χ4n) is 3.35. The van der Waals surface area contributed by atoms with E-state index >= 15 is 0 Å². The summed E-state index contributed by atoms with van der Waals surface area (Å²) in [7, 11) is 0. The minimum atomic E-state index is -0.297. The van der Waals surface area contributed by atoms with Crippen molar-refractivity contribution >= 4 is 48.0 Å². The van der Waals surface area contributed by atoms with Crippen LogP contribution in [0.5, 0.6) is 11.5 Å². The molecule has 0 radical (unpaired) electrons. The number of pyridine rings is 1. The van der Waals surface area contributed by atoms with Crippen molar-refractivity contribution in [1.29, 1.82) is 0 Å². The first-order valence-electron chi connectivity index (χ1n) is 8.81. The van der Waals surface area contributed by atoms with E-state index in [0.717, 1.165) is 12.8 Å². The van der Waals surface area contributed by atoms with Crippen molar-refractivity contribution in [3.05, 3.63) is 42.2 Å². The van der Waals surface area contributed by atoms with Crippen LogP contribution in [0.15, 0.2) is 36.7 Å². The van der Waals surface area contributed by atoms with Crippen molar-refractivity contribution in [2.45, 2.75) is 12.8 Å². The van der Waals surface area contributed by atoms with Gasteiger partial charge < -0.3 is 25.4 Å². The maximum absolute atomic E-state index is 12.7. The molecule has 1 saturated heterocycles. The first kappa shape index (κ1) is 22.6. The third kappa shape index (κ3) is 4.83. The summed E-state index contributed by atoms with van der Waals surface area (Å²) in [6.07, 6.45) is 4.66. The average molecular weight is 441 g/mol. The Bertz CT molecular complexity index is 882. The van der Waals surface area contributed by atoms with Gasteiger partial charge in [-0.3, -0.25) is 14.6 Å². The third-order valence-electron chi connectivity index (χ3n) is 4.81. The summed E-state index contributed by atoms with van der Waals surface area (Å²) in [6, 6.07) is 6.66. The SMILES string of the molecule is Cl.Cl.Nc1cc2c(cc1NC(=O)C1CCCN(C(=O)c3ccncc3)C1)OCO2. The van der Waals surface area contributed by atoms with Crippen molar-refractivity contribution in [3.63, 3.8) is 0 Å². The van der Waals surface area contributed by atoms with Crippen LogP contribution >= 0.6 is 24.8 Å². The number of amides is 2. The molecule has 1 aromatic carbocycles. The topological polar surface area (TPSA) is 107 Å². The number of nitrogens with zero attached hydrogens (tertiary/aromatic N) is 2. The van der Waals surface area contributed by atoms with E-state index in [0.29, 0.717) is 41.5 Å². The maximum Gasteiger partial charge on any atom is 0.253 e. The van der Waals surface area contributed by atoms with Crippen molar-refractivity contribution in [1.82, 2.24) is 9.88 Å². The zero-order chi connectivity index (χ0) is 18.8. The van der Waals surface area contributed by atoms with Gasteiger partial charge in [0.25, 0.3) is 5.91 Å². The number of aromatic nitrogens is 1. The number of carbonyl (C=O) groups is 2. The molecular weight excluding hydrogens is 419 g/mol. The molecule has 1 unspecified atom stereocenters. The lowest BCUT2D eigenvalue weighted by atomic mass is 9.96. The van der Waals surface area contributed by atoms with E-state index in [4.69, 9.17) is 15.2 Å². The first-order chi connectivity index (χ1) is 13.1. The Labute approximate surface area is 180 Å². The number of nitrogens with one attached hydrogen (secondary N) is 1. The Hall–Kier alpha value is -2.71. The highest BCUT2D eigenvalue weighted by Crippen LogP contribution is 2.38. The molecule has 2 aromatic rings. The second-order valence-corrected chi connectivity index (χ2v) is 6.61. The van der Waals surface area contributed by atoms with Crippen LogP contribution in [-0.2, 0) is 4.79 Å². The van der Waals surface area contributed by atoms with E-state index in [2.05, 4.69) is 10.3 Å². The van der Waals surface area contributed by atoms with Crippen molar-refractivity contribution in [3.8, 4) is 11.5 Å². The number of halogens is 2. The molecule has 3 heterocycles. The summed E-state index contributed by atoms with van der Waals surface area (Å²) in [5.74, 6) is 0.578. The molecular formula is C19H22Cl2N4O4. The number of anilines is 2. The van der Waals surface area contributed by atoms with Gasteiger partial charge in [0.2, 0.25) is 12.7 Å². The Morgan fingerprint density at radius 2 is 1.83 bits per heavy atom. The van der Waals surface area contributed by atoms with Crippen molar-refractivity contribution < 1.29 is 19.1 Å². The zero-order valence-corrected chi connectivity index (χ0v) is 17.1. The predicted molar refractivity (Wildman–Crippen MR) is 113 cm³/mol. The van der Waals surface area contributed by atoms with Crippen LogP contribution < -0.4 is 20.5 Å². The highest BCUT2D eigenvalue weighted by atomic mass is 35.5. The molecule has 0 saturated carbocycles. The molecule has 8 nitrogen and oxygen atoms in total. The number of piperidine rings is 1. The van der Waals surface area contributed by atoms with Gasteiger partial charge in [0.05, 0.1) is 17.3 Å². The number of hydrogen-bond donors (Lipinski definition) is 2. The Kier molecular flexibility index (Phi) is 7.53. The maximum atomic E-state index is 12.7. The minimum absolute atomic E-state index is 0. The molecule has 2 aliphatic rings. The van der Waals surface area contributed by atoms with Crippen molar-refractivity contribution in [2.75, 3.05) is 30.9 Å². The van der Waals surface area contributed by atoms with Gasteiger partial charge in [-0.2, -0.15) is 0 Å². The van der Waals surface area contributed by atoms with Crippen LogP contribution in [0.4, 0.5) is 11.4 Å². The molecule has 1 fully saturated rings. The zero-order valence-electron chi connectivity index (χ0n) is 15.5. The van der Waals surface area contributed by atoms with Crippen LogP contribution in [-0.4, -0.2) is 41.6 Å². The molecule has 10 heteroatoms. The highest BCUT2D eigenvalue weighted by Gasteiger charge is 2.29. The van der Waals surface area contributed by atoms with Crippen LogP contribution in [0.25, 0.3) is 0 Å². The lowest BCUT2D eigenvalue weighted by molar-refractivity contribution is -0.121. The molecule has 0 spiro atoms. The van der Waals surface area contributed by atoms with E-state index in [9.17, 15) is 9.59 Å². The largest absolute Gasteiger partial charge is 0.454 e. The molecule has 156 valence electrons. The standard InChI is InChI=1S/C19H20N4O4.2ClH/c20-14-8-16-17(27-11-26-16)9-15(14)22-18(24)13-2-1-7-23(10-13)19(25)12-3-5-21-6-4-12;;/h3-6,8-9,13H,1-2,7,10-11,20H2,(H,22,24);2*1H. The van der Waals surface area contributed by atoms with Gasteiger partial charge >= 0.3 is 0 Å². The number of likely N-dealkylation sites (tertiary alicyclic amines) is 1. The molecule has 1 aromatic heterocycles. The molecule has 0 bridgehead atoms. The normalized spacial score (nSPS) is 17.0. The number of rotatable bonds is 3. The molecule has 0 aliphatic carbocycles. The van der Waals surface area contributed by atoms with Gasteiger partial charge in [-0.1, -0.05) is 0 Å². The highest BCUT2D eigenvalue weighted by molar-refractivity contribution is 5.98. The van der Waals surface area contributed by atoms with Gasteiger partial charge in [0.1, 0.15) is 0 Å². The summed E-state index contributed by atoms with van der Waals surface area (Å²) in [4.78, 5) is 31.0. The average Bonchev–Trinajstić information content (AvgIpc) is 3.15. The van der Waals surface area contributed by atoms with Crippen molar-refractivity contribution in [2.24, 2.45) is 5.92 Å². The summed E-state index contributed by atoms with van der Waals surface area (Å²) in [5.41, 5.74) is 7.48. The quantitative estimate of drug-likeness (QED) is 0.710. The number of hydrogen-bond acceptors (Lipinski definition) is 6. The fourth-order valence-corrected chi connectivity index (χ4v) is 3.35. The molecule has 3 N–H and O–H groups in total. The van der Waals surface area contributed by atoms with E-state index in [1.807, 2.05) is 0 Å². The van der Waals surface area contributed by atoms with E-state index < -0.39 is 0 Å². The summed E-state index contributed by atoms with van der Waals surface area (Å²) >= 11 is 0. The Morgan fingerprint density at radius 1 is 1.14 bits per heavy atom. The Morgan fingerprint density at radius 3 is 2.55 bits per heavy atom. The fraction of sp³-hybridized carbons (Fsp3) is 0.316. The predicted octanol–water partition coefficient (Wildman–Crippen LogP) is 2.73. The summed E-state index contributed by atoms with van der Waals surface area (Å²) < 4.78 is 10.6. The summed E-state index contributed by atoms with van der Waals surface area (Å²) in [6.45, 7) is 1.15. The van der Waals surface area contributed by atoms with Crippen LogP contribution in [0.2, 0.25) is 0 Å². The van der Waals surface area contributed by atoms with Gasteiger partial charge in [0.15, 0.2) is 11.5 Å². The molecule has 4 rings (SSSR count). The number of ether oxygens (including phenoxy) is 2. The molecule has 29 heavy (non-hydrogen) atoms. The van der Waals surface area contributed by atoms with Crippen LogP contribution in [0.3, 0.4) is 0 Å². The molecule has 1 atom stereocenters. The number of nitrogen functional groups attached to an aromatic ring is 1. The van der Waals surface area contributed by atoms with Gasteiger partial charge in [0, 0.05) is 43.2 Å². The van der Waals surface area contributed by atoms with Gasteiger partial charge in [-0.25, -0.2) is 0 Å². The molecule has 2 aliphatic heterocycles. The minimum Gasteiger partial charge on any atom is -0.454 e. The lowest BCUT2D eigenvalue weighted by Crippen LogP contribution is -2.43. The number of benzene rings is 1.